The fourth-order valence-corrected chi connectivity index (χ4v) is 3.17. The summed E-state index contributed by atoms with van der Waals surface area (Å²) in [6, 6.07) is 14.4. The summed E-state index contributed by atoms with van der Waals surface area (Å²) in [5, 5.41) is 8.83. The zero-order valence-corrected chi connectivity index (χ0v) is 13.4. The molecule has 1 aliphatic rings. The molecule has 1 heterocycles. The van der Waals surface area contributed by atoms with Gasteiger partial charge in [0, 0.05) is 17.6 Å². The van der Waals surface area contributed by atoms with Crippen LogP contribution in [0.3, 0.4) is 0 Å². The molecule has 1 aliphatic heterocycles. The Labute approximate surface area is 137 Å². The van der Waals surface area contributed by atoms with E-state index in [-0.39, 0.29) is 11.9 Å². The summed E-state index contributed by atoms with van der Waals surface area (Å²) in [7, 11) is 0. The second kappa shape index (κ2) is 6.47. The predicted molar refractivity (Wildman–Crippen MR) is 86.2 cm³/mol. The van der Waals surface area contributed by atoms with Crippen LogP contribution in [0.15, 0.2) is 46.9 Å². The molecule has 22 heavy (non-hydrogen) atoms. The molecule has 0 saturated carbocycles. The van der Waals surface area contributed by atoms with Gasteiger partial charge in [0.05, 0.1) is 23.9 Å². The zero-order valence-electron chi connectivity index (χ0n) is 11.8. The highest BCUT2D eigenvalue weighted by atomic mass is 79.9. The van der Waals surface area contributed by atoms with Gasteiger partial charge in [-0.15, -0.1) is 0 Å². The van der Waals surface area contributed by atoms with Gasteiger partial charge in [-0.1, -0.05) is 34.1 Å². The quantitative estimate of drug-likeness (QED) is 0.810. The molecule has 1 unspecified atom stereocenters. The molecule has 3 rings (SSSR count). The minimum Gasteiger partial charge on any atom is -0.370 e. The normalized spacial score (nSPS) is 18.0. The van der Waals surface area contributed by atoms with Crippen molar-refractivity contribution >= 4 is 21.6 Å². The topological polar surface area (TPSA) is 36.3 Å². The first-order valence-electron chi connectivity index (χ1n) is 6.99. The van der Waals surface area contributed by atoms with E-state index in [0.717, 1.165) is 10.0 Å². The lowest BCUT2D eigenvalue weighted by atomic mass is 10.1. The molecule has 5 heteroatoms. The molecule has 0 spiro atoms. The zero-order chi connectivity index (χ0) is 15.5. The van der Waals surface area contributed by atoms with Crippen LogP contribution in [-0.2, 0) is 4.74 Å². The summed E-state index contributed by atoms with van der Waals surface area (Å²) in [5.41, 5.74) is 1.90. The van der Waals surface area contributed by atoms with Crippen molar-refractivity contribution in [2.45, 2.75) is 6.10 Å². The third kappa shape index (κ3) is 2.99. The maximum atomic E-state index is 14.2. The van der Waals surface area contributed by atoms with E-state index >= 15 is 0 Å². The molecule has 0 bridgehead atoms. The second-order valence-corrected chi connectivity index (χ2v) is 5.96. The van der Waals surface area contributed by atoms with Gasteiger partial charge in [0.15, 0.2) is 0 Å². The highest BCUT2D eigenvalue weighted by Crippen LogP contribution is 2.31. The number of morpholine rings is 1. The van der Waals surface area contributed by atoms with E-state index in [9.17, 15) is 4.39 Å². The number of benzene rings is 2. The number of rotatable bonds is 2. The van der Waals surface area contributed by atoms with Gasteiger partial charge >= 0.3 is 0 Å². The third-order valence-electron chi connectivity index (χ3n) is 3.74. The SMILES string of the molecule is N#Cc1ccc(N2CCOC(c3ccccc3Br)C2)c(F)c1. The van der Waals surface area contributed by atoms with Crippen molar-refractivity contribution in [2.24, 2.45) is 0 Å². The van der Waals surface area contributed by atoms with Gasteiger partial charge in [-0.3, -0.25) is 0 Å². The Morgan fingerprint density at radius 1 is 1.27 bits per heavy atom. The molecule has 0 aromatic heterocycles. The van der Waals surface area contributed by atoms with E-state index in [4.69, 9.17) is 10.00 Å². The van der Waals surface area contributed by atoms with E-state index in [2.05, 4.69) is 15.9 Å². The van der Waals surface area contributed by atoms with Gasteiger partial charge in [0.2, 0.25) is 0 Å². The number of halogens is 2. The molecule has 112 valence electrons. The van der Waals surface area contributed by atoms with Crippen molar-refractivity contribution in [3.05, 3.63) is 63.9 Å². The summed E-state index contributed by atoms with van der Waals surface area (Å²) < 4.78 is 21.0. The summed E-state index contributed by atoms with van der Waals surface area (Å²) in [4.78, 5) is 1.96. The van der Waals surface area contributed by atoms with Crippen molar-refractivity contribution in [1.82, 2.24) is 0 Å². The first-order chi connectivity index (χ1) is 10.7. The molecule has 2 aromatic rings. The largest absolute Gasteiger partial charge is 0.370 e. The monoisotopic (exact) mass is 360 g/mol. The number of nitriles is 1. The smallest absolute Gasteiger partial charge is 0.147 e. The molecule has 1 saturated heterocycles. The first-order valence-corrected chi connectivity index (χ1v) is 7.79. The maximum Gasteiger partial charge on any atom is 0.147 e. The van der Waals surface area contributed by atoms with Gasteiger partial charge in [-0.2, -0.15) is 5.26 Å². The van der Waals surface area contributed by atoms with E-state index < -0.39 is 0 Å². The number of ether oxygens (including phenoxy) is 1. The van der Waals surface area contributed by atoms with Crippen LogP contribution in [0.5, 0.6) is 0 Å². The van der Waals surface area contributed by atoms with Crippen LogP contribution >= 0.6 is 15.9 Å². The van der Waals surface area contributed by atoms with Crippen LogP contribution in [0.25, 0.3) is 0 Å². The standard InChI is InChI=1S/C17H14BrFN2O/c18-14-4-2-1-3-13(14)17-11-21(7-8-22-17)16-6-5-12(10-20)9-15(16)19/h1-6,9,17H,7-8,11H2. The van der Waals surface area contributed by atoms with Gasteiger partial charge in [-0.25, -0.2) is 4.39 Å². The summed E-state index contributed by atoms with van der Waals surface area (Å²) in [6.45, 7) is 1.74. The molecule has 0 aliphatic carbocycles. The number of hydrogen-bond donors (Lipinski definition) is 0. The Morgan fingerprint density at radius 2 is 2.09 bits per heavy atom. The number of nitrogens with zero attached hydrogens (tertiary/aromatic N) is 2. The Kier molecular flexibility index (Phi) is 4.41. The van der Waals surface area contributed by atoms with Crippen molar-refractivity contribution in [3.63, 3.8) is 0 Å². The summed E-state index contributed by atoms with van der Waals surface area (Å²) >= 11 is 3.53. The van der Waals surface area contributed by atoms with Crippen molar-refractivity contribution in [1.29, 1.82) is 5.26 Å². The average molecular weight is 361 g/mol. The van der Waals surface area contributed by atoms with Crippen LogP contribution in [0, 0.1) is 17.1 Å². The van der Waals surface area contributed by atoms with E-state index in [1.165, 1.54) is 6.07 Å². The van der Waals surface area contributed by atoms with E-state index in [1.807, 2.05) is 35.2 Å². The molecular weight excluding hydrogens is 347 g/mol. The molecule has 0 radical (unpaired) electrons. The van der Waals surface area contributed by atoms with Gasteiger partial charge in [0.25, 0.3) is 0 Å². The Balaban J connectivity index is 1.85. The van der Waals surface area contributed by atoms with Crippen LogP contribution in [0.4, 0.5) is 10.1 Å². The first kappa shape index (κ1) is 15.0. The minimum absolute atomic E-state index is 0.112. The molecular formula is C17H14BrFN2O. The lowest BCUT2D eigenvalue weighted by Gasteiger charge is -2.35. The Morgan fingerprint density at radius 3 is 2.82 bits per heavy atom. The van der Waals surface area contributed by atoms with Crippen LogP contribution in [0.2, 0.25) is 0 Å². The average Bonchev–Trinajstić information content (AvgIpc) is 2.55. The molecule has 0 N–H and O–H groups in total. The van der Waals surface area contributed by atoms with E-state index in [0.29, 0.717) is 30.9 Å². The lowest BCUT2D eigenvalue weighted by molar-refractivity contribution is 0.0391. The van der Waals surface area contributed by atoms with Crippen molar-refractivity contribution in [3.8, 4) is 6.07 Å². The second-order valence-electron chi connectivity index (χ2n) is 5.10. The molecule has 3 nitrogen and oxygen atoms in total. The molecule has 2 aromatic carbocycles. The molecule has 0 amide bonds. The van der Waals surface area contributed by atoms with Gasteiger partial charge in [-0.05, 0) is 29.8 Å². The predicted octanol–water partition coefficient (Wildman–Crippen LogP) is 4.04. The van der Waals surface area contributed by atoms with Crippen LogP contribution < -0.4 is 4.90 Å². The van der Waals surface area contributed by atoms with E-state index in [1.54, 1.807) is 12.1 Å². The highest BCUT2D eigenvalue weighted by molar-refractivity contribution is 9.10. The Bertz CT molecular complexity index is 729. The Hall–Kier alpha value is -1.90. The number of hydrogen-bond acceptors (Lipinski definition) is 3. The number of anilines is 1. The van der Waals surface area contributed by atoms with Crippen LogP contribution in [0.1, 0.15) is 17.2 Å². The summed E-state index contributed by atoms with van der Waals surface area (Å²) in [6.07, 6.45) is -0.112. The van der Waals surface area contributed by atoms with Crippen molar-refractivity contribution in [2.75, 3.05) is 24.6 Å². The molecule has 1 fully saturated rings. The minimum atomic E-state index is -0.369. The fraction of sp³-hybridized carbons (Fsp3) is 0.235. The highest BCUT2D eigenvalue weighted by Gasteiger charge is 2.25. The van der Waals surface area contributed by atoms with Gasteiger partial charge in [0.1, 0.15) is 11.9 Å². The molecule has 1 atom stereocenters. The lowest BCUT2D eigenvalue weighted by Crippen LogP contribution is -2.39. The fourth-order valence-electron chi connectivity index (χ4n) is 2.63. The maximum absolute atomic E-state index is 14.2. The van der Waals surface area contributed by atoms with Gasteiger partial charge < -0.3 is 9.64 Å². The van der Waals surface area contributed by atoms with Crippen molar-refractivity contribution < 1.29 is 9.13 Å². The summed E-state index contributed by atoms with van der Waals surface area (Å²) in [5.74, 6) is -0.369. The van der Waals surface area contributed by atoms with Crippen LogP contribution in [-0.4, -0.2) is 19.7 Å². The third-order valence-corrected chi connectivity index (χ3v) is 4.46.